The van der Waals surface area contributed by atoms with Crippen molar-refractivity contribution in [3.05, 3.63) is 23.8 Å². The quantitative estimate of drug-likeness (QED) is 0.105. The molecule has 0 aliphatic carbocycles. The Morgan fingerprint density at radius 3 is 2.13 bits per heavy atom. The van der Waals surface area contributed by atoms with E-state index in [4.69, 9.17) is 28.4 Å². The molecule has 2 aliphatic heterocycles. The van der Waals surface area contributed by atoms with Crippen LogP contribution in [0, 0.1) is 0 Å². The fourth-order valence-corrected chi connectivity index (χ4v) is 4.00. The topological polar surface area (TPSA) is 234 Å². The number of aliphatic hydroxyl groups is 7. The number of esters is 1. The summed E-state index contributed by atoms with van der Waals surface area (Å²) in [5, 5.41) is 80.2. The number of aromatic hydroxyl groups is 1. The van der Waals surface area contributed by atoms with E-state index in [0.29, 0.717) is 5.56 Å². The molecule has 3 rings (SSSR count). The first-order valence-corrected chi connectivity index (χ1v) is 11.4. The van der Waals surface area contributed by atoms with Crippen molar-refractivity contribution < 1.29 is 74.1 Å². The lowest BCUT2D eigenvalue weighted by atomic mass is 9.99. The highest BCUT2D eigenvalue weighted by Crippen LogP contribution is 2.38. The first kappa shape index (κ1) is 30.0. The van der Waals surface area contributed by atoms with Gasteiger partial charge in [-0.05, 0) is 23.8 Å². The van der Waals surface area contributed by atoms with Crippen LogP contribution >= 0.6 is 0 Å². The average molecular weight is 548 g/mol. The van der Waals surface area contributed by atoms with Gasteiger partial charge in [0, 0.05) is 6.08 Å². The summed E-state index contributed by atoms with van der Waals surface area (Å²) in [5.41, 5.74) is 0.419. The predicted octanol–water partition coefficient (Wildman–Crippen LogP) is -3.41. The zero-order valence-electron chi connectivity index (χ0n) is 20.5. The van der Waals surface area contributed by atoms with Crippen LogP contribution in [0.25, 0.3) is 6.08 Å². The van der Waals surface area contributed by atoms with Gasteiger partial charge in [-0.3, -0.25) is 0 Å². The van der Waals surface area contributed by atoms with E-state index < -0.39 is 80.6 Å². The summed E-state index contributed by atoms with van der Waals surface area (Å²) in [4.78, 5) is 12.3. The van der Waals surface area contributed by atoms with Crippen LogP contribution < -0.4 is 9.47 Å². The molecule has 9 atom stereocenters. The van der Waals surface area contributed by atoms with Crippen molar-refractivity contribution in [1.82, 2.24) is 0 Å². The van der Waals surface area contributed by atoms with Crippen LogP contribution in [0.5, 0.6) is 17.2 Å². The van der Waals surface area contributed by atoms with Crippen LogP contribution in [0.15, 0.2) is 18.2 Å². The number of aliphatic hydroxyl groups excluding tert-OH is 7. The van der Waals surface area contributed by atoms with Gasteiger partial charge in [0.2, 0.25) is 11.5 Å². The Morgan fingerprint density at radius 2 is 1.61 bits per heavy atom. The zero-order valence-corrected chi connectivity index (χ0v) is 20.5. The van der Waals surface area contributed by atoms with Crippen LogP contribution in [0.2, 0.25) is 0 Å². The molecule has 1 aromatic carbocycles. The van der Waals surface area contributed by atoms with E-state index >= 15 is 0 Å². The number of carbonyl (C=O) groups excluding carboxylic acids is 1. The van der Waals surface area contributed by atoms with Gasteiger partial charge >= 0.3 is 5.97 Å². The summed E-state index contributed by atoms with van der Waals surface area (Å²) in [7, 11) is 2.67. The number of phenolic OH excluding ortho intramolecular Hbond substituents is 1. The molecule has 0 saturated carbocycles. The normalized spacial score (nSPS) is 35.4. The minimum atomic E-state index is -2.34. The molecule has 1 aromatic rings. The number of hydrogen-bond donors (Lipinski definition) is 8. The molecule has 0 spiro atoms. The molecular weight excluding hydrogens is 516 g/mol. The van der Waals surface area contributed by atoms with Crippen molar-refractivity contribution in [3.8, 4) is 17.2 Å². The molecule has 0 aromatic heterocycles. The smallest absolute Gasteiger partial charge is 0.330 e. The van der Waals surface area contributed by atoms with Gasteiger partial charge in [-0.1, -0.05) is 0 Å². The SMILES string of the molecule is COc1cc(/C=C/C(=O)OC[C@H]2O[C@H](O[C@]3(CO)O[C@@H](CO)[C@H](O)[C@@H]3O)[C@H](O)[C@H](O)[C@@H]2O)cc(OC)c1O. The van der Waals surface area contributed by atoms with E-state index in [2.05, 4.69) is 0 Å². The van der Waals surface area contributed by atoms with Crippen LogP contribution in [-0.4, -0.2) is 136 Å². The highest BCUT2D eigenvalue weighted by molar-refractivity contribution is 5.87. The molecule has 0 radical (unpaired) electrons. The number of hydrogen-bond acceptors (Lipinski definition) is 15. The second-order valence-corrected chi connectivity index (χ2v) is 8.61. The lowest BCUT2D eigenvalue weighted by molar-refractivity contribution is -0.383. The molecule has 0 amide bonds. The van der Waals surface area contributed by atoms with E-state index in [1.807, 2.05) is 0 Å². The van der Waals surface area contributed by atoms with E-state index in [9.17, 15) is 45.6 Å². The molecule has 2 fully saturated rings. The molecule has 214 valence electrons. The average Bonchev–Trinajstić information content (AvgIpc) is 3.16. The van der Waals surface area contributed by atoms with E-state index in [-0.39, 0.29) is 17.2 Å². The van der Waals surface area contributed by atoms with Gasteiger partial charge in [0.15, 0.2) is 17.8 Å². The summed E-state index contributed by atoms with van der Waals surface area (Å²) in [5.74, 6) is -3.25. The Kier molecular flexibility index (Phi) is 9.88. The van der Waals surface area contributed by atoms with Crippen molar-refractivity contribution in [2.45, 2.75) is 54.8 Å². The molecule has 8 N–H and O–H groups in total. The lowest BCUT2D eigenvalue weighted by Gasteiger charge is -2.43. The van der Waals surface area contributed by atoms with Gasteiger partial charge in [0.1, 0.15) is 55.9 Å². The number of ether oxygens (including phenoxy) is 6. The summed E-state index contributed by atoms with van der Waals surface area (Å²) in [6, 6.07) is 2.87. The van der Waals surface area contributed by atoms with Gasteiger partial charge in [0.25, 0.3) is 0 Å². The number of benzene rings is 1. The Balaban J connectivity index is 1.66. The Labute approximate surface area is 216 Å². The summed E-state index contributed by atoms with van der Waals surface area (Å²) in [6.45, 7) is -2.38. The number of phenols is 1. The van der Waals surface area contributed by atoms with Gasteiger partial charge in [-0.15, -0.1) is 0 Å². The Hall–Kier alpha value is -2.57. The van der Waals surface area contributed by atoms with E-state index in [1.54, 1.807) is 0 Å². The van der Waals surface area contributed by atoms with Crippen molar-refractivity contribution in [3.63, 3.8) is 0 Å². The number of methoxy groups -OCH3 is 2. The van der Waals surface area contributed by atoms with E-state index in [0.717, 1.165) is 6.08 Å². The monoisotopic (exact) mass is 548 g/mol. The highest BCUT2D eigenvalue weighted by atomic mass is 16.8. The maximum atomic E-state index is 12.3. The lowest BCUT2D eigenvalue weighted by Crippen LogP contribution is -2.62. The van der Waals surface area contributed by atoms with Crippen molar-refractivity contribution in [1.29, 1.82) is 0 Å². The maximum Gasteiger partial charge on any atom is 0.330 e. The van der Waals surface area contributed by atoms with Crippen molar-refractivity contribution in [2.24, 2.45) is 0 Å². The zero-order chi connectivity index (χ0) is 28.2. The fourth-order valence-electron chi connectivity index (χ4n) is 4.00. The van der Waals surface area contributed by atoms with Crippen LogP contribution in [0.1, 0.15) is 5.56 Å². The Bertz CT molecular complexity index is 961. The van der Waals surface area contributed by atoms with Gasteiger partial charge in [-0.2, -0.15) is 0 Å². The first-order chi connectivity index (χ1) is 18.0. The molecule has 2 aliphatic rings. The summed E-state index contributed by atoms with van der Waals surface area (Å²) in [6.07, 6.45) is -11.2. The Morgan fingerprint density at radius 1 is 0.974 bits per heavy atom. The maximum absolute atomic E-state index is 12.3. The van der Waals surface area contributed by atoms with Gasteiger partial charge < -0.3 is 69.3 Å². The van der Waals surface area contributed by atoms with Gasteiger partial charge in [-0.25, -0.2) is 4.79 Å². The predicted molar refractivity (Wildman–Crippen MR) is 123 cm³/mol. The summed E-state index contributed by atoms with van der Waals surface area (Å²) >= 11 is 0. The fraction of sp³-hybridized carbons (Fsp3) is 0.609. The third kappa shape index (κ3) is 6.02. The molecule has 0 unspecified atom stereocenters. The largest absolute Gasteiger partial charge is 0.502 e. The molecule has 0 bridgehead atoms. The van der Waals surface area contributed by atoms with Crippen LogP contribution in [0.3, 0.4) is 0 Å². The molecule has 2 saturated heterocycles. The number of rotatable bonds is 10. The molecule has 38 heavy (non-hydrogen) atoms. The number of carbonyl (C=O) groups is 1. The minimum absolute atomic E-state index is 0.101. The highest BCUT2D eigenvalue weighted by Gasteiger charge is 2.58. The third-order valence-electron chi connectivity index (χ3n) is 6.19. The third-order valence-corrected chi connectivity index (χ3v) is 6.19. The molecule has 15 heteroatoms. The minimum Gasteiger partial charge on any atom is -0.502 e. The van der Waals surface area contributed by atoms with Crippen molar-refractivity contribution >= 4 is 12.0 Å². The van der Waals surface area contributed by atoms with Gasteiger partial charge in [0.05, 0.1) is 20.8 Å². The molecule has 15 nitrogen and oxygen atoms in total. The van der Waals surface area contributed by atoms with Crippen molar-refractivity contribution in [2.75, 3.05) is 34.0 Å². The van der Waals surface area contributed by atoms with E-state index in [1.165, 1.54) is 32.4 Å². The second kappa shape index (κ2) is 12.5. The standard InChI is InChI=1S/C23H32O15/c1-33-11-5-10(6-12(34-2)16(11)27)3-4-15(26)35-8-14-17(28)19(30)20(31)22(36-14)38-23(9-25)21(32)18(29)13(7-24)37-23/h3-6,13-14,17-22,24-25,27-32H,7-9H2,1-2H3/b4-3+/t13-,14+,17+,18-,19+,20+,21-,22+,23-/m0/s1. The second-order valence-electron chi connectivity index (χ2n) is 8.61. The summed E-state index contributed by atoms with van der Waals surface area (Å²) < 4.78 is 31.2. The molecular formula is C23H32O15. The first-order valence-electron chi connectivity index (χ1n) is 11.4. The van der Waals surface area contributed by atoms with Crippen LogP contribution in [-0.2, 0) is 23.7 Å². The molecule has 2 heterocycles. The van der Waals surface area contributed by atoms with Crippen LogP contribution in [0.4, 0.5) is 0 Å².